The number of anilines is 1. The van der Waals surface area contributed by atoms with Crippen LogP contribution in [-0.4, -0.2) is 4.98 Å². The lowest BCUT2D eigenvalue weighted by Crippen LogP contribution is -2.08. The topological polar surface area (TPSA) is 38.9 Å². The van der Waals surface area contributed by atoms with Gasteiger partial charge in [-0.1, -0.05) is 0 Å². The summed E-state index contributed by atoms with van der Waals surface area (Å²) in [7, 11) is 0. The minimum absolute atomic E-state index is 0.156. The van der Waals surface area contributed by atoms with Crippen molar-refractivity contribution in [3.63, 3.8) is 0 Å². The molecule has 2 nitrogen and oxygen atoms in total. The number of nitrogen functional groups attached to an aromatic ring is 1. The zero-order chi connectivity index (χ0) is 8.48. The van der Waals surface area contributed by atoms with Gasteiger partial charge in [-0.25, -0.2) is 4.98 Å². The van der Waals surface area contributed by atoms with E-state index in [0.29, 0.717) is 0 Å². The van der Waals surface area contributed by atoms with Gasteiger partial charge in [-0.2, -0.15) is 13.2 Å². The molecular weight excluding hydrogens is 157 g/mol. The molecule has 11 heavy (non-hydrogen) atoms. The first-order valence-corrected chi connectivity index (χ1v) is 2.71. The summed E-state index contributed by atoms with van der Waals surface area (Å²) in [6.07, 6.45) is -4.46. The second-order valence-corrected chi connectivity index (χ2v) is 1.86. The molecule has 5 heteroatoms. The summed E-state index contributed by atoms with van der Waals surface area (Å²) in [5.41, 5.74) is 3.94. The van der Waals surface area contributed by atoms with Crippen LogP contribution in [0.1, 0.15) is 5.69 Å². The smallest absolute Gasteiger partial charge is 0.384 e. The van der Waals surface area contributed by atoms with E-state index in [2.05, 4.69) is 4.98 Å². The Morgan fingerprint density at radius 3 is 2.45 bits per heavy atom. The van der Waals surface area contributed by atoms with E-state index in [1.165, 1.54) is 6.07 Å². The summed E-state index contributed by atoms with van der Waals surface area (Å²) < 4.78 is 35.5. The van der Waals surface area contributed by atoms with Crippen molar-refractivity contribution in [1.82, 2.24) is 4.98 Å². The third-order valence-corrected chi connectivity index (χ3v) is 0.984. The minimum Gasteiger partial charge on any atom is -0.384 e. The monoisotopic (exact) mass is 161 g/mol. The minimum atomic E-state index is -4.46. The van der Waals surface area contributed by atoms with Gasteiger partial charge in [-0.15, -0.1) is 0 Å². The first-order valence-electron chi connectivity index (χ1n) is 2.71. The van der Waals surface area contributed by atoms with E-state index in [1.807, 2.05) is 6.07 Å². The van der Waals surface area contributed by atoms with E-state index < -0.39 is 11.9 Å². The van der Waals surface area contributed by atoms with Gasteiger partial charge < -0.3 is 5.73 Å². The number of alkyl halides is 3. The largest absolute Gasteiger partial charge is 0.434 e. The van der Waals surface area contributed by atoms with E-state index >= 15 is 0 Å². The molecule has 0 saturated carbocycles. The molecule has 1 aromatic rings. The van der Waals surface area contributed by atoms with Crippen molar-refractivity contribution in [3.05, 3.63) is 23.9 Å². The fraction of sp³-hybridized carbons (Fsp3) is 0.167. The van der Waals surface area contributed by atoms with Gasteiger partial charge in [0.15, 0.2) is 5.69 Å². The van der Waals surface area contributed by atoms with Crippen molar-refractivity contribution < 1.29 is 13.2 Å². The van der Waals surface area contributed by atoms with Gasteiger partial charge in [0.2, 0.25) is 0 Å². The summed E-state index contributed by atoms with van der Waals surface area (Å²) in [4.78, 5) is 3.04. The Labute approximate surface area is 60.9 Å². The molecule has 0 saturated heterocycles. The van der Waals surface area contributed by atoms with Crippen LogP contribution in [0, 0.1) is 6.07 Å². The molecule has 0 aliphatic heterocycles. The predicted molar refractivity (Wildman–Crippen MR) is 32.5 cm³/mol. The maximum absolute atomic E-state index is 11.8. The predicted octanol–water partition coefficient (Wildman–Crippen LogP) is 1.48. The molecule has 0 fully saturated rings. The number of hydrogen-bond donors (Lipinski definition) is 1. The Balaban J connectivity index is 3.06. The van der Waals surface area contributed by atoms with Gasteiger partial charge in [0, 0.05) is 6.07 Å². The Hall–Kier alpha value is -1.26. The zero-order valence-corrected chi connectivity index (χ0v) is 5.31. The number of hydrogen-bond acceptors (Lipinski definition) is 2. The maximum Gasteiger partial charge on any atom is 0.434 e. The highest BCUT2D eigenvalue weighted by molar-refractivity contribution is 5.28. The molecule has 0 aliphatic rings. The molecule has 1 radical (unpaired) electrons. The Morgan fingerprint density at radius 1 is 1.45 bits per heavy atom. The summed E-state index contributed by atoms with van der Waals surface area (Å²) in [6, 6.07) is 4.27. The van der Waals surface area contributed by atoms with Crippen LogP contribution in [0.15, 0.2) is 12.1 Å². The molecule has 1 rings (SSSR count). The first kappa shape index (κ1) is 7.84. The lowest BCUT2D eigenvalue weighted by Gasteiger charge is -2.03. The second-order valence-electron chi connectivity index (χ2n) is 1.86. The first-order chi connectivity index (χ1) is 5.00. The van der Waals surface area contributed by atoms with Crippen LogP contribution in [0.2, 0.25) is 0 Å². The quantitative estimate of drug-likeness (QED) is 0.625. The second kappa shape index (κ2) is 2.41. The van der Waals surface area contributed by atoms with Gasteiger partial charge in [-0.05, 0) is 12.1 Å². The highest BCUT2D eigenvalue weighted by atomic mass is 19.4. The van der Waals surface area contributed by atoms with Crippen LogP contribution < -0.4 is 5.73 Å². The van der Waals surface area contributed by atoms with Crippen molar-refractivity contribution in [2.24, 2.45) is 0 Å². The SMILES string of the molecule is Nc1cc[c]c(C(F)(F)F)n1. The third-order valence-electron chi connectivity index (χ3n) is 0.984. The number of pyridine rings is 1. The van der Waals surface area contributed by atoms with Crippen molar-refractivity contribution in [2.75, 3.05) is 5.73 Å². The lowest BCUT2D eigenvalue weighted by atomic mass is 10.3. The van der Waals surface area contributed by atoms with Crippen LogP contribution in [0.3, 0.4) is 0 Å². The van der Waals surface area contributed by atoms with Crippen LogP contribution >= 0.6 is 0 Å². The molecule has 1 aromatic heterocycles. The number of nitrogens with zero attached hydrogens (tertiary/aromatic N) is 1. The van der Waals surface area contributed by atoms with Crippen LogP contribution in [0.25, 0.3) is 0 Å². The van der Waals surface area contributed by atoms with E-state index in [0.717, 1.165) is 6.07 Å². The van der Waals surface area contributed by atoms with Gasteiger partial charge in [0.25, 0.3) is 0 Å². The molecule has 59 valence electrons. The average molecular weight is 161 g/mol. The van der Waals surface area contributed by atoms with Crippen LogP contribution in [-0.2, 0) is 6.18 Å². The Morgan fingerprint density at radius 2 is 2.09 bits per heavy atom. The van der Waals surface area contributed by atoms with Crippen molar-refractivity contribution in [2.45, 2.75) is 6.18 Å². The van der Waals surface area contributed by atoms with Gasteiger partial charge >= 0.3 is 6.18 Å². The third kappa shape index (κ3) is 1.83. The highest BCUT2D eigenvalue weighted by Crippen LogP contribution is 2.27. The van der Waals surface area contributed by atoms with Gasteiger partial charge in [0.1, 0.15) is 5.82 Å². The van der Waals surface area contributed by atoms with Crippen LogP contribution in [0.5, 0.6) is 0 Å². The normalized spacial score (nSPS) is 11.5. The molecule has 0 spiro atoms. The number of halogens is 3. The maximum atomic E-state index is 11.8. The van der Waals surface area contributed by atoms with E-state index in [9.17, 15) is 13.2 Å². The Kier molecular flexibility index (Phi) is 1.72. The summed E-state index contributed by atoms with van der Waals surface area (Å²) in [5, 5.41) is 0. The number of aromatic nitrogens is 1. The van der Waals surface area contributed by atoms with Crippen LogP contribution in [0.4, 0.5) is 19.0 Å². The lowest BCUT2D eigenvalue weighted by molar-refractivity contribution is -0.141. The van der Waals surface area contributed by atoms with Crippen molar-refractivity contribution in [3.8, 4) is 0 Å². The average Bonchev–Trinajstić information content (AvgIpc) is 1.86. The van der Waals surface area contributed by atoms with E-state index in [4.69, 9.17) is 5.73 Å². The van der Waals surface area contributed by atoms with Crippen molar-refractivity contribution >= 4 is 5.82 Å². The molecule has 0 aromatic carbocycles. The molecular formula is C6H4F3N2. The number of rotatable bonds is 0. The van der Waals surface area contributed by atoms with Crippen molar-refractivity contribution in [1.29, 1.82) is 0 Å². The van der Waals surface area contributed by atoms with E-state index in [1.54, 1.807) is 0 Å². The molecule has 0 amide bonds. The molecule has 0 atom stereocenters. The molecule has 1 heterocycles. The molecule has 2 N–H and O–H groups in total. The fourth-order valence-electron chi connectivity index (χ4n) is 0.550. The summed E-state index contributed by atoms with van der Waals surface area (Å²) in [5.74, 6) is -0.156. The Bertz CT molecular complexity index is 256. The molecule has 0 unspecified atom stereocenters. The highest BCUT2D eigenvalue weighted by Gasteiger charge is 2.32. The fourth-order valence-corrected chi connectivity index (χ4v) is 0.550. The zero-order valence-electron chi connectivity index (χ0n) is 5.31. The number of nitrogens with two attached hydrogens (primary N) is 1. The standard InChI is InChI=1S/C6H4F3N2/c7-6(8,9)4-2-1-3-5(10)11-4/h1,3H,(H2,10,11). The van der Waals surface area contributed by atoms with Gasteiger partial charge in [0.05, 0.1) is 0 Å². The molecule has 0 bridgehead atoms. The summed E-state index contributed by atoms with van der Waals surface area (Å²) >= 11 is 0. The van der Waals surface area contributed by atoms with E-state index in [-0.39, 0.29) is 5.82 Å². The molecule has 0 aliphatic carbocycles. The van der Waals surface area contributed by atoms with Gasteiger partial charge in [-0.3, -0.25) is 0 Å². The summed E-state index contributed by atoms with van der Waals surface area (Å²) in [6.45, 7) is 0.